The molecule has 1 saturated heterocycles. The van der Waals surface area contributed by atoms with Gasteiger partial charge in [0.2, 0.25) is 0 Å². The van der Waals surface area contributed by atoms with Gasteiger partial charge in [-0.3, -0.25) is 0 Å². The fourth-order valence-electron chi connectivity index (χ4n) is 5.32. The molecule has 5 fully saturated rings. The van der Waals surface area contributed by atoms with E-state index in [-0.39, 0.29) is 22.5 Å². The van der Waals surface area contributed by atoms with Gasteiger partial charge in [0.15, 0.2) is 0 Å². The lowest BCUT2D eigenvalue weighted by Gasteiger charge is -2.59. The molecule has 0 amide bonds. The van der Waals surface area contributed by atoms with Crippen molar-refractivity contribution in [1.82, 2.24) is 0 Å². The average Bonchev–Trinajstić information content (AvgIpc) is 2.54. The maximum Gasteiger partial charge on any atom is 0.476 e. The normalized spacial score (nSPS) is 51.8. The Morgan fingerprint density at radius 3 is 1.60 bits per heavy atom. The summed E-state index contributed by atoms with van der Waals surface area (Å²) in [6.07, 6.45) is 6.99. The molecule has 4 saturated carbocycles. The van der Waals surface area contributed by atoms with Crippen LogP contribution in [0.15, 0.2) is 0 Å². The van der Waals surface area contributed by atoms with Crippen LogP contribution in [0.3, 0.4) is 0 Å². The minimum absolute atomic E-state index is 0.0610. The van der Waals surface area contributed by atoms with E-state index in [4.69, 9.17) is 9.31 Å². The summed E-state index contributed by atoms with van der Waals surface area (Å²) in [6, 6.07) is 0. The maximum atomic E-state index is 6.42. The standard InChI is InChI=1S/C16H26BBrO2/c1-14(2)15(3,4)20-17(19-14)16(18)12-6-10-5-11(8-12)9-13(16)7-10/h10-13H,5-9H2,1-4H3. The van der Waals surface area contributed by atoms with E-state index in [0.29, 0.717) is 0 Å². The van der Waals surface area contributed by atoms with Crippen LogP contribution < -0.4 is 0 Å². The van der Waals surface area contributed by atoms with Crippen molar-refractivity contribution in [3.63, 3.8) is 0 Å². The summed E-state index contributed by atoms with van der Waals surface area (Å²) in [5.41, 5.74) is -0.430. The number of alkyl halides is 1. The molecule has 4 bridgehead atoms. The molecule has 20 heavy (non-hydrogen) atoms. The monoisotopic (exact) mass is 340 g/mol. The molecule has 0 atom stereocenters. The van der Waals surface area contributed by atoms with Crippen LogP contribution in [0.4, 0.5) is 0 Å². The van der Waals surface area contributed by atoms with Crippen molar-refractivity contribution in [2.45, 2.75) is 75.2 Å². The van der Waals surface area contributed by atoms with Crippen LogP contribution in [0.1, 0.15) is 59.8 Å². The van der Waals surface area contributed by atoms with Crippen molar-refractivity contribution in [3.8, 4) is 0 Å². The smallest absolute Gasteiger partial charge is 0.402 e. The van der Waals surface area contributed by atoms with Gasteiger partial charge in [0.1, 0.15) is 0 Å². The summed E-state index contributed by atoms with van der Waals surface area (Å²) in [5.74, 6) is 3.44. The van der Waals surface area contributed by atoms with E-state index >= 15 is 0 Å². The van der Waals surface area contributed by atoms with Crippen molar-refractivity contribution in [2.24, 2.45) is 23.7 Å². The van der Waals surface area contributed by atoms with Gasteiger partial charge in [-0.25, -0.2) is 0 Å². The van der Waals surface area contributed by atoms with Crippen LogP contribution in [0, 0.1) is 23.7 Å². The van der Waals surface area contributed by atoms with Crippen LogP contribution in [-0.2, 0) is 9.31 Å². The van der Waals surface area contributed by atoms with Gasteiger partial charge in [-0.2, -0.15) is 0 Å². The van der Waals surface area contributed by atoms with E-state index in [1.54, 1.807) is 0 Å². The quantitative estimate of drug-likeness (QED) is 0.526. The molecule has 4 aliphatic carbocycles. The van der Waals surface area contributed by atoms with Crippen molar-refractivity contribution in [1.29, 1.82) is 0 Å². The molecule has 5 rings (SSSR count). The molecule has 0 aromatic heterocycles. The van der Waals surface area contributed by atoms with Gasteiger partial charge in [0.25, 0.3) is 0 Å². The summed E-state index contributed by atoms with van der Waals surface area (Å²) >= 11 is 4.17. The van der Waals surface area contributed by atoms with Crippen LogP contribution in [0.5, 0.6) is 0 Å². The van der Waals surface area contributed by atoms with Gasteiger partial charge in [-0.05, 0) is 83.5 Å². The van der Waals surface area contributed by atoms with E-state index in [1.807, 2.05) is 0 Å². The molecule has 1 aliphatic heterocycles. The highest BCUT2D eigenvalue weighted by Gasteiger charge is 2.67. The lowest BCUT2D eigenvalue weighted by molar-refractivity contribution is 0.000895. The van der Waals surface area contributed by atoms with E-state index in [2.05, 4.69) is 43.6 Å². The second-order valence-corrected chi connectivity index (χ2v) is 10.1. The van der Waals surface area contributed by atoms with Crippen molar-refractivity contribution in [2.75, 3.05) is 0 Å². The molecule has 1 heterocycles. The minimum atomic E-state index is -0.215. The largest absolute Gasteiger partial charge is 0.476 e. The molecule has 5 aliphatic rings. The van der Waals surface area contributed by atoms with Gasteiger partial charge >= 0.3 is 7.12 Å². The Balaban J connectivity index is 1.65. The molecule has 0 aromatic rings. The molecule has 0 unspecified atom stereocenters. The Hall–Kier alpha value is 0.465. The predicted octanol–water partition coefficient (Wildman–Crippen LogP) is 4.21. The van der Waals surface area contributed by atoms with Crippen LogP contribution in [0.2, 0.25) is 0 Å². The fourth-order valence-corrected chi connectivity index (χ4v) is 6.25. The van der Waals surface area contributed by atoms with Crippen LogP contribution in [-0.4, -0.2) is 22.5 Å². The maximum absolute atomic E-state index is 6.42. The lowest BCUT2D eigenvalue weighted by atomic mass is 9.43. The van der Waals surface area contributed by atoms with Crippen molar-refractivity contribution in [3.05, 3.63) is 0 Å². The topological polar surface area (TPSA) is 18.5 Å². The fraction of sp³-hybridized carbons (Fsp3) is 1.00. The van der Waals surface area contributed by atoms with Gasteiger partial charge in [0, 0.05) is 0 Å². The first-order valence-corrected chi connectivity index (χ1v) is 9.06. The summed E-state index contributed by atoms with van der Waals surface area (Å²) in [5, 5.41) is 0. The van der Waals surface area contributed by atoms with Crippen LogP contribution >= 0.6 is 15.9 Å². The summed E-state index contributed by atoms with van der Waals surface area (Å²) in [6.45, 7) is 8.66. The van der Waals surface area contributed by atoms with Crippen molar-refractivity contribution >= 4 is 23.0 Å². The predicted molar refractivity (Wildman–Crippen MR) is 84.8 cm³/mol. The van der Waals surface area contributed by atoms with Crippen LogP contribution in [0.25, 0.3) is 0 Å². The average molecular weight is 341 g/mol. The Labute approximate surface area is 131 Å². The van der Waals surface area contributed by atoms with E-state index < -0.39 is 0 Å². The highest BCUT2D eigenvalue weighted by atomic mass is 79.9. The SMILES string of the molecule is CC1(C)OB(C2(Br)C3CC4CC(C3)CC2C4)OC1(C)C. The second kappa shape index (κ2) is 4.05. The van der Waals surface area contributed by atoms with Gasteiger partial charge in [-0.1, -0.05) is 15.9 Å². The zero-order valence-corrected chi connectivity index (χ0v) is 14.7. The molecular weight excluding hydrogens is 315 g/mol. The van der Waals surface area contributed by atoms with E-state index in [1.165, 1.54) is 32.1 Å². The second-order valence-electron chi connectivity index (χ2n) is 8.72. The first-order valence-electron chi connectivity index (χ1n) is 8.27. The van der Waals surface area contributed by atoms with E-state index in [9.17, 15) is 0 Å². The Morgan fingerprint density at radius 2 is 1.20 bits per heavy atom. The number of hydrogen-bond donors (Lipinski definition) is 0. The molecule has 0 radical (unpaired) electrons. The summed E-state index contributed by atoms with van der Waals surface area (Å²) in [4.78, 5) is 0. The molecule has 0 aromatic carbocycles. The zero-order valence-electron chi connectivity index (χ0n) is 13.1. The number of rotatable bonds is 1. The first-order chi connectivity index (χ1) is 9.22. The Morgan fingerprint density at radius 1 is 0.800 bits per heavy atom. The molecular formula is C16H26BBrO2. The molecule has 2 nitrogen and oxygen atoms in total. The third kappa shape index (κ3) is 1.71. The molecule has 4 heteroatoms. The minimum Gasteiger partial charge on any atom is -0.402 e. The van der Waals surface area contributed by atoms with Gasteiger partial charge in [-0.15, -0.1) is 0 Å². The number of hydrogen-bond acceptors (Lipinski definition) is 2. The van der Waals surface area contributed by atoms with E-state index in [0.717, 1.165) is 23.7 Å². The van der Waals surface area contributed by atoms with Gasteiger partial charge < -0.3 is 9.31 Å². The molecule has 112 valence electrons. The number of halogens is 1. The third-order valence-corrected chi connectivity index (χ3v) is 8.67. The lowest BCUT2D eigenvalue weighted by Crippen LogP contribution is -2.62. The zero-order chi connectivity index (χ0) is 14.3. The summed E-state index contributed by atoms with van der Waals surface area (Å²) in [7, 11) is -0.0810. The van der Waals surface area contributed by atoms with Gasteiger partial charge in [0.05, 0.1) is 15.4 Å². The Kier molecular flexibility index (Phi) is 2.85. The highest BCUT2D eigenvalue weighted by Crippen LogP contribution is 2.63. The molecule has 0 N–H and O–H groups in total. The first kappa shape index (κ1) is 14.1. The Bertz CT molecular complexity index is 390. The molecule has 0 spiro atoms. The highest BCUT2D eigenvalue weighted by molar-refractivity contribution is 9.10. The third-order valence-electron chi connectivity index (χ3n) is 7.00. The van der Waals surface area contributed by atoms with Crippen molar-refractivity contribution < 1.29 is 9.31 Å². The summed E-state index contributed by atoms with van der Waals surface area (Å²) < 4.78 is 12.9.